The van der Waals surface area contributed by atoms with Gasteiger partial charge in [-0.25, -0.2) is 0 Å². The molecule has 0 aliphatic carbocycles. The number of rotatable bonds is 3. The van der Waals surface area contributed by atoms with Crippen LogP contribution in [0.4, 0.5) is 0 Å². The minimum Gasteiger partial charge on any atom is -0.488 e. The predicted octanol–water partition coefficient (Wildman–Crippen LogP) is 2.70. The predicted molar refractivity (Wildman–Crippen MR) is 82.4 cm³/mol. The number of nitrogens with zero attached hydrogens (tertiary/aromatic N) is 1. The van der Waals surface area contributed by atoms with E-state index in [-0.39, 0.29) is 6.10 Å². The highest BCUT2D eigenvalue weighted by molar-refractivity contribution is 6.30. The minimum absolute atomic E-state index is 0.242. The summed E-state index contributed by atoms with van der Waals surface area (Å²) in [5.41, 5.74) is 7.17. The van der Waals surface area contributed by atoms with Crippen LogP contribution in [0.3, 0.4) is 0 Å². The summed E-state index contributed by atoms with van der Waals surface area (Å²) in [5, 5.41) is 0.791. The van der Waals surface area contributed by atoms with Crippen LogP contribution in [0.15, 0.2) is 18.2 Å². The van der Waals surface area contributed by atoms with Gasteiger partial charge in [-0.2, -0.15) is 0 Å². The van der Waals surface area contributed by atoms with Gasteiger partial charge in [0, 0.05) is 30.6 Å². The van der Waals surface area contributed by atoms with E-state index in [4.69, 9.17) is 22.1 Å². The third kappa shape index (κ3) is 2.95. The molecule has 2 aliphatic heterocycles. The van der Waals surface area contributed by atoms with Gasteiger partial charge in [-0.3, -0.25) is 4.90 Å². The number of hydrogen-bond acceptors (Lipinski definition) is 3. The van der Waals surface area contributed by atoms with Crippen molar-refractivity contribution in [2.45, 2.75) is 38.3 Å². The molecule has 20 heavy (non-hydrogen) atoms. The van der Waals surface area contributed by atoms with Crippen LogP contribution in [-0.4, -0.2) is 36.7 Å². The molecule has 2 N–H and O–H groups in total. The van der Waals surface area contributed by atoms with Gasteiger partial charge in [-0.1, -0.05) is 18.5 Å². The van der Waals surface area contributed by atoms with Crippen molar-refractivity contribution in [3.05, 3.63) is 28.8 Å². The lowest BCUT2D eigenvalue weighted by atomic mass is 9.92. The topological polar surface area (TPSA) is 38.5 Å². The van der Waals surface area contributed by atoms with Gasteiger partial charge in [0.1, 0.15) is 11.9 Å². The molecule has 0 aromatic heterocycles. The van der Waals surface area contributed by atoms with E-state index in [9.17, 15) is 0 Å². The molecule has 0 radical (unpaired) electrons. The second-order valence-electron chi connectivity index (χ2n) is 6.21. The highest BCUT2D eigenvalue weighted by atomic mass is 35.5. The fourth-order valence-electron chi connectivity index (χ4n) is 3.44. The molecule has 0 bridgehead atoms. The van der Waals surface area contributed by atoms with Crippen LogP contribution in [0.2, 0.25) is 5.02 Å². The van der Waals surface area contributed by atoms with Crippen molar-refractivity contribution in [1.29, 1.82) is 0 Å². The van der Waals surface area contributed by atoms with Gasteiger partial charge < -0.3 is 10.5 Å². The highest BCUT2D eigenvalue weighted by Gasteiger charge is 2.30. The van der Waals surface area contributed by atoms with Crippen LogP contribution < -0.4 is 10.5 Å². The van der Waals surface area contributed by atoms with E-state index < -0.39 is 0 Å². The molecule has 3 unspecified atom stereocenters. The molecule has 1 fully saturated rings. The van der Waals surface area contributed by atoms with E-state index in [2.05, 4.69) is 11.8 Å². The molecule has 0 spiro atoms. The number of halogens is 1. The molecule has 2 aliphatic rings. The van der Waals surface area contributed by atoms with Gasteiger partial charge in [-0.15, -0.1) is 0 Å². The number of benzene rings is 1. The minimum atomic E-state index is 0.242. The van der Waals surface area contributed by atoms with E-state index in [1.54, 1.807) is 0 Å². The lowest BCUT2D eigenvalue weighted by molar-refractivity contribution is 0.0762. The smallest absolute Gasteiger partial charge is 0.123 e. The Balaban J connectivity index is 1.62. The Hall–Kier alpha value is -0.770. The zero-order valence-electron chi connectivity index (χ0n) is 12.0. The van der Waals surface area contributed by atoms with Crippen molar-refractivity contribution in [2.75, 3.05) is 19.6 Å². The molecule has 4 heteroatoms. The maximum Gasteiger partial charge on any atom is 0.123 e. The Labute approximate surface area is 126 Å². The fourth-order valence-corrected chi connectivity index (χ4v) is 3.63. The van der Waals surface area contributed by atoms with Crippen LogP contribution in [0, 0.1) is 5.92 Å². The van der Waals surface area contributed by atoms with Gasteiger partial charge in [0.15, 0.2) is 0 Å². The maximum atomic E-state index is 6.04. The number of nitrogens with two attached hydrogens (primary N) is 1. The van der Waals surface area contributed by atoms with Gasteiger partial charge in [0.25, 0.3) is 0 Å². The summed E-state index contributed by atoms with van der Waals surface area (Å²) in [7, 11) is 0. The second kappa shape index (κ2) is 5.92. The third-order valence-electron chi connectivity index (χ3n) is 4.57. The SMILES string of the molecule is CC1CCN(CC2Cc3cc(Cl)ccc3O2)C(CN)C1. The molecule has 2 heterocycles. The Morgan fingerprint density at radius 2 is 2.30 bits per heavy atom. The van der Waals surface area contributed by atoms with Gasteiger partial charge in [0.05, 0.1) is 0 Å². The van der Waals surface area contributed by atoms with Gasteiger partial charge in [-0.05, 0) is 49.1 Å². The highest BCUT2D eigenvalue weighted by Crippen LogP contribution is 2.32. The number of piperidine rings is 1. The fraction of sp³-hybridized carbons (Fsp3) is 0.625. The van der Waals surface area contributed by atoms with Crippen molar-refractivity contribution < 1.29 is 4.74 Å². The normalized spacial score (nSPS) is 30.1. The summed E-state index contributed by atoms with van der Waals surface area (Å²) in [6, 6.07) is 6.41. The first-order chi connectivity index (χ1) is 9.65. The number of ether oxygens (including phenoxy) is 1. The Morgan fingerprint density at radius 1 is 1.45 bits per heavy atom. The maximum absolute atomic E-state index is 6.04. The van der Waals surface area contributed by atoms with Crippen LogP contribution >= 0.6 is 11.6 Å². The molecule has 0 saturated carbocycles. The van der Waals surface area contributed by atoms with Gasteiger partial charge >= 0.3 is 0 Å². The summed E-state index contributed by atoms with van der Waals surface area (Å²) < 4.78 is 6.04. The van der Waals surface area contributed by atoms with E-state index in [0.29, 0.717) is 6.04 Å². The monoisotopic (exact) mass is 294 g/mol. The molecule has 1 aromatic carbocycles. The Morgan fingerprint density at radius 3 is 3.10 bits per heavy atom. The summed E-state index contributed by atoms with van der Waals surface area (Å²) in [6.07, 6.45) is 3.68. The van der Waals surface area contributed by atoms with Crippen LogP contribution in [0.5, 0.6) is 5.75 Å². The average Bonchev–Trinajstić information content (AvgIpc) is 2.82. The average molecular weight is 295 g/mol. The third-order valence-corrected chi connectivity index (χ3v) is 4.81. The zero-order chi connectivity index (χ0) is 14.1. The first-order valence-corrected chi connectivity index (χ1v) is 7.92. The van der Waals surface area contributed by atoms with Crippen LogP contribution in [0.1, 0.15) is 25.3 Å². The molecule has 1 aromatic rings. The number of likely N-dealkylation sites (tertiary alicyclic amines) is 1. The largest absolute Gasteiger partial charge is 0.488 e. The van der Waals surface area contributed by atoms with Crippen molar-refractivity contribution in [3.63, 3.8) is 0 Å². The van der Waals surface area contributed by atoms with E-state index in [1.165, 1.54) is 18.4 Å². The summed E-state index contributed by atoms with van der Waals surface area (Å²) in [4.78, 5) is 2.51. The molecular formula is C16H23ClN2O. The van der Waals surface area contributed by atoms with Crippen LogP contribution in [-0.2, 0) is 6.42 Å². The number of hydrogen-bond donors (Lipinski definition) is 1. The molecule has 3 atom stereocenters. The molecular weight excluding hydrogens is 272 g/mol. The van der Waals surface area contributed by atoms with E-state index >= 15 is 0 Å². The Kier molecular flexibility index (Phi) is 4.20. The quantitative estimate of drug-likeness (QED) is 0.931. The zero-order valence-corrected chi connectivity index (χ0v) is 12.8. The molecule has 0 amide bonds. The van der Waals surface area contributed by atoms with Crippen molar-refractivity contribution in [3.8, 4) is 5.75 Å². The van der Waals surface area contributed by atoms with E-state index in [0.717, 1.165) is 42.7 Å². The first-order valence-electron chi connectivity index (χ1n) is 7.55. The van der Waals surface area contributed by atoms with Gasteiger partial charge in [0.2, 0.25) is 0 Å². The Bertz CT molecular complexity index is 480. The molecule has 110 valence electrons. The summed E-state index contributed by atoms with van der Waals surface area (Å²) >= 11 is 6.04. The number of fused-ring (bicyclic) bond motifs is 1. The molecule has 1 saturated heterocycles. The standard InChI is InChI=1S/C16H23ClN2O/c1-11-4-5-19(14(6-11)9-18)10-15-8-12-7-13(17)2-3-16(12)20-15/h2-3,7,11,14-15H,4-6,8-10,18H2,1H3. The molecule has 3 rings (SSSR count). The second-order valence-corrected chi connectivity index (χ2v) is 6.65. The van der Waals surface area contributed by atoms with Crippen LogP contribution in [0.25, 0.3) is 0 Å². The summed E-state index contributed by atoms with van der Waals surface area (Å²) in [5.74, 6) is 1.79. The summed E-state index contributed by atoms with van der Waals surface area (Å²) in [6.45, 7) is 5.18. The lowest BCUT2D eigenvalue weighted by Gasteiger charge is -2.39. The first kappa shape index (κ1) is 14.2. The van der Waals surface area contributed by atoms with Crippen molar-refractivity contribution >= 4 is 11.6 Å². The lowest BCUT2D eigenvalue weighted by Crippen LogP contribution is -2.49. The molecule has 3 nitrogen and oxygen atoms in total. The van der Waals surface area contributed by atoms with Crippen molar-refractivity contribution in [1.82, 2.24) is 4.90 Å². The van der Waals surface area contributed by atoms with E-state index in [1.807, 2.05) is 18.2 Å². The van der Waals surface area contributed by atoms with Crippen molar-refractivity contribution in [2.24, 2.45) is 11.7 Å².